The maximum Gasteiger partial charge on any atom is 0.275 e. The minimum atomic E-state index is -2.75. The lowest BCUT2D eigenvalue weighted by atomic mass is 10.1. The molecule has 1 saturated carbocycles. The van der Waals surface area contributed by atoms with Gasteiger partial charge >= 0.3 is 0 Å². The van der Waals surface area contributed by atoms with E-state index in [0.29, 0.717) is 34.7 Å². The molecule has 5 rings (SSSR count). The molecule has 3 heterocycles. The summed E-state index contributed by atoms with van der Waals surface area (Å²) in [6.45, 7) is 7.30. The zero-order chi connectivity index (χ0) is 21.8. The average molecular weight is 443 g/mol. The number of hydrogen-bond acceptors (Lipinski definition) is 3. The Balaban J connectivity index is 1.72. The molecule has 0 radical (unpaired) electrons. The van der Waals surface area contributed by atoms with Crippen molar-refractivity contribution >= 4 is 23.1 Å². The van der Waals surface area contributed by atoms with Gasteiger partial charge < -0.3 is 9.41 Å². The fraction of sp³-hybridized carbons (Fsp3) is 0.238. The molecule has 31 heavy (non-hydrogen) atoms. The van der Waals surface area contributed by atoms with Gasteiger partial charge in [0.25, 0.3) is 5.82 Å². The molecule has 1 aromatic carbocycles. The van der Waals surface area contributed by atoms with Crippen molar-refractivity contribution in [2.45, 2.75) is 31.2 Å². The van der Waals surface area contributed by atoms with Gasteiger partial charge in [0.2, 0.25) is 11.6 Å². The molecule has 10 heteroatoms. The number of rotatable bonds is 3. The summed E-state index contributed by atoms with van der Waals surface area (Å²) in [5, 5.41) is 4.46. The first-order valence-corrected chi connectivity index (χ1v) is 9.87. The summed E-state index contributed by atoms with van der Waals surface area (Å²) in [6.07, 6.45) is 2.70. The molecule has 1 unspecified atom stereocenters. The number of hydrogen-bond donors (Lipinski definition) is 0. The smallest absolute Gasteiger partial charge is 0.275 e. The lowest BCUT2D eigenvalue weighted by Gasteiger charge is -2.16. The summed E-state index contributed by atoms with van der Waals surface area (Å²) in [5.41, 5.74) is 2.38. The fourth-order valence-corrected chi connectivity index (χ4v) is 4.15. The maximum absolute atomic E-state index is 14.0. The lowest BCUT2D eigenvalue weighted by molar-refractivity contribution is 0.00569. The molecular weight excluding hydrogens is 429 g/mol. The van der Waals surface area contributed by atoms with E-state index in [2.05, 4.69) is 19.9 Å². The predicted molar refractivity (Wildman–Crippen MR) is 109 cm³/mol. The van der Waals surface area contributed by atoms with E-state index in [1.165, 1.54) is 35.2 Å². The summed E-state index contributed by atoms with van der Waals surface area (Å²) in [7, 11) is 0. The van der Waals surface area contributed by atoms with Crippen molar-refractivity contribution in [2.75, 3.05) is 0 Å². The fourth-order valence-electron chi connectivity index (χ4n) is 3.97. The first-order valence-electron chi connectivity index (χ1n) is 9.49. The Hall–Kier alpha value is -3.38. The standard InChI is InChI=1S/C21H14ClF3N6/c1-26-18-10-27-17-5-4-16(29-31(17)18)20-19(12-2-3-15(23)14(22)8-12)28-11-30(20)13-6-7-21(24,25)9-13/h2-5,8,10-11,13H,6-7,9H2. The van der Waals surface area contributed by atoms with Crippen LogP contribution in [0.4, 0.5) is 19.0 Å². The Morgan fingerprint density at radius 2 is 2.03 bits per heavy atom. The molecule has 1 fully saturated rings. The van der Waals surface area contributed by atoms with Gasteiger partial charge in [0, 0.05) is 30.5 Å². The summed E-state index contributed by atoms with van der Waals surface area (Å²) in [5.74, 6) is -3.09. The van der Waals surface area contributed by atoms with Crippen molar-refractivity contribution in [1.82, 2.24) is 24.1 Å². The van der Waals surface area contributed by atoms with Crippen LogP contribution in [0.5, 0.6) is 0 Å². The van der Waals surface area contributed by atoms with Gasteiger partial charge in [-0.3, -0.25) is 0 Å². The van der Waals surface area contributed by atoms with Crippen LogP contribution in [0.15, 0.2) is 42.9 Å². The minimum Gasteiger partial charge on any atom is -0.360 e. The molecule has 0 bridgehead atoms. The van der Waals surface area contributed by atoms with Crippen molar-refractivity contribution < 1.29 is 13.2 Å². The third-order valence-electron chi connectivity index (χ3n) is 5.46. The quantitative estimate of drug-likeness (QED) is 0.368. The second kappa shape index (κ2) is 7.10. The van der Waals surface area contributed by atoms with Crippen molar-refractivity contribution in [3.8, 4) is 22.6 Å². The number of fused-ring (bicyclic) bond motifs is 1. The summed E-state index contributed by atoms with van der Waals surface area (Å²) < 4.78 is 44.7. The first kappa shape index (κ1) is 19.6. The van der Waals surface area contributed by atoms with Gasteiger partial charge in [-0.1, -0.05) is 23.3 Å². The normalized spacial score (nSPS) is 17.8. The number of nitrogens with zero attached hydrogens (tertiary/aromatic N) is 6. The second-order valence-corrected chi connectivity index (χ2v) is 7.85. The molecule has 0 amide bonds. The summed E-state index contributed by atoms with van der Waals surface area (Å²) in [6, 6.07) is 7.12. The molecule has 0 N–H and O–H groups in total. The van der Waals surface area contributed by atoms with E-state index in [9.17, 15) is 13.2 Å². The number of imidazole rings is 2. The molecule has 0 spiro atoms. The van der Waals surface area contributed by atoms with Gasteiger partial charge in [-0.2, -0.15) is 0 Å². The monoisotopic (exact) mass is 442 g/mol. The van der Waals surface area contributed by atoms with Gasteiger partial charge in [0.15, 0.2) is 0 Å². The van der Waals surface area contributed by atoms with Crippen LogP contribution in [0.25, 0.3) is 33.1 Å². The molecule has 4 aromatic rings. The van der Waals surface area contributed by atoms with Crippen LogP contribution < -0.4 is 0 Å². The molecule has 0 saturated heterocycles. The Bertz CT molecular complexity index is 1350. The van der Waals surface area contributed by atoms with Crippen molar-refractivity contribution in [2.24, 2.45) is 0 Å². The number of halogens is 4. The zero-order valence-electron chi connectivity index (χ0n) is 15.9. The summed E-state index contributed by atoms with van der Waals surface area (Å²) >= 11 is 5.97. The topological polar surface area (TPSA) is 52.4 Å². The maximum atomic E-state index is 14.0. The van der Waals surface area contributed by atoms with Crippen LogP contribution in [-0.2, 0) is 0 Å². The van der Waals surface area contributed by atoms with Crippen LogP contribution >= 0.6 is 11.6 Å². The zero-order valence-corrected chi connectivity index (χ0v) is 16.7. The number of aromatic nitrogens is 5. The minimum absolute atomic E-state index is 0.0706. The first-order chi connectivity index (χ1) is 14.9. The van der Waals surface area contributed by atoms with Gasteiger partial charge in [-0.15, -0.1) is 4.52 Å². The van der Waals surface area contributed by atoms with Crippen molar-refractivity contribution in [3.05, 3.63) is 65.1 Å². The molecule has 156 valence electrons. The van der Waals surface area contributed by atoms with Crippen LogP contribution in [0.2, 0.25) is 5.02 Å². The van der Waals surface area contributed by atoms with E-state index in [1.54, 1.807) is 16.7 Å². The highest BCUT2D eigenvalue weighted by molar-refractivity contribution is 6.31. The third-order valence-corrected chi connectivity index (χ3v) is 5.75. The van der Waals surface area contributed by atoms with Gasteiger partial charge in [0.1, 0.15) is 11.5 Å². The van der Waals surface area contributed by atoms with E-state index < -0.39 is 17.8 Å². The van der Waals surface area contributed by atoms with Crippen molar-refractivity contribution in [3.63, 3.8) is 0 Å². The number of alkyl halides is 2. The van der Waals surface area contributed by atoms with Gasteiger partial charge in [0.05, 0.1) is 28.9 Å². The Morgan fingerprint density at radius 1 is 1.19 bits per heavy atom. The van der Waals surface area contributed by atoms with Crippen LogP contribution in [-0.4, -0.2) is 30.1 Å². The molecule has 3 aromatic heterocycles. The highest BCUT2D eigenvalue weighted by Crippen LogP contribution is 2.44. The second-order valence-electron chi connectivity index (χ2n) is 7.45. The lowest BCUT2D eigenvalue weighted by Crippen LogP contribution is -2.13. The SMILES string of the molecule is [C-]#[N+]c1cnc2ccc(-c3c(-c4ccc(F)c(Cl)c4)ncn3C3CCC(F)(F)C3)nn12. The Kier molecular flexibility index (Phi) is 4.48. The highest BCUT2D eigenvalue weighted by atomic mass is 35.5. The van der Waals surface area contributed by atoms with Crippen molar-refractivity contribution in [1.29, 1.82) is 0 Å². The van der Waals surface area contributed by atoms with E-state index >= 15 is 0 Å². The highest BCUT2D eigenvalue weighted by Gasteiger charge is 2.41. The molecular formula is C21H14ClF3N6. The van der Waals surface area contributed by atoms with E-state index in [0.717, 1.165) is 0 Å². The van der Waals surface area contributed by atoms with Crippen LogP contribution in [0.3, 0.4) is 0 Å². The van der Waals surface area contributed by atoms with Crippen LogP contribution in [0, 0.1) is 12.4 Å². The molecule has 1 aliphatic rings. The van der Waals surface area contributed by atoms with Gasteiger partial charge in [-0.05, 0) is 30.7 Å². The predicted octanol–water partition coefficient (Wildman–Crippen LogP) is 5.96. The van der Waals surface area contributed by atoms with Gasteiger partial charge in [-0.25, -0.2) is 23.1 Å². The Labute approximate surface area is 179 Å². The third kappa shape index (κ3) is 3.33. The average Bonchev–Trinajstić information content (AvgIpc) is 3.45. The molecule has 1 aliphatic carbocycles. The molecule has 1 atom stereocenters. The number of benzene rings is 1. The van der Waals surface area contributed by atoms with E-state index in [1.807, 2.05) is 0 Å². The largest absolute Gasteiger partial charge is 0.360 e. The Morgan fingerprint density at radius 3 is 2.74 bits per heavy atom. The van der Waals surface area contributed by atoms with E-state index in [-0.39, 0.29) is 23.7 Å². The van der Waals surface area contributed by atoms with E-state index in [4.69, 9.17) is 18.2 Å². The molecule has 6 nitrogen and oxygen atoms in total. The van der Waals surface area contributed by atoms with Crippen LogP contribution in [0.1, 0.15) is 25.3 Å². The summed E-state index contributed by atoms with van der Waals surface area (Å²) in [4.78, 5) is 12.0. The molecule has 0 aliphatic heterocycles.